The maximum Gasteiger partial charge on any atom is 0.260 e. The highest BCUT2D eigenvalue weighted by molar-refractivity contribution is 7.89. The third-order valence-electron chi connectivity index (χ3n) is 6.88. The number of thiazole rings is 1. The first-order valence-corrected chi connectivity index (χ1v) is 15.3. The highest BCUT2D eigenvalue weighted by Crippen LogP contribution is 2.34. The Hall–Kier alpha value is -1.79. The molecule has 12 heteroatoms. The van der Waals surface area contributed by atoms with E-state index in [-0.39, 0.29) is 23.2 Å². The molecule has 0 radical (unpaired) electrons. The molecule has 2 aromatic carbocycles. The Morgan fingerprint density at radius 3 is 2.47 bits per heavy atom. The Morgan fingerprint density at radius 2 is 1.79 bits per heavy atom. The SMILES string of the molecule is Cc1cc(Cl)cc2sc(N(CCCN3CCOCC3)C(=O)c3ccc(S(=O)(=O)N4CCCC4)cc3)nc12.Cl. The minimum absolute atomic E-state index is 0. The summed E-state index contributed by atoms with van der Waals surface area (Å²) in [6.07, 6.45) is 2.53. The molecule has 2 aliphatic heterocycles. The second kappa shape index (κ2) is 12.6. The number of halogens is 2. The summed E-state index contributed by atoms with van der Waals surface area (Å²) >= 11 is 7.71. The van der Waals surface area contributed by atoms with Crippen molar-refractivity contribution in [2.75, 3.05) is 57.4 Å². The Labute approximate surface area is 239 Å². The second-order valence-electron chi connectivity index (χ2n) is 9.47. The van der Waals surface area contributed by atoms with Gasteiger partial charge in [-0.3, -0.25) is 14.6 Å². The molecule has 3 heterocycles. The molecule has 1 amide bonds. The van der Waals surface area contributed by atoms with Gasteiger partial charge in [0.25, 0.3) is 5.91 Å². The van der Waals surface area contributed by atoms with Crippen molar-refractivity contribution in [2.24, 2.45) is 0 Å². The van der Waals surface area contributed by atoms with Crippen LogP contribution in [0, 0.1) is 6.92 Å². The van der Waals surface area contributed by atoms with Crippen molar-refractivity contribution in [3.05, 3.63) is 52.5 Å². The molecule has 0 spiro atoms. The Balaban J connectivity index is 0.00000336. The lowest BCUT2D eigenvalue weighted by Crippen LogP contribution is -2.39. The van der Waals surface area contributed by atoms with Crippen LogP contribution in [0.3, 0.4) is 0 Å². The van der Waals surface area contributed by atoms with Gasteiger partial charge in [0.2, 0.25) is 10.0 Å². The van der Waals surface area contributed by atoms with E-state index in [0.717, 1.165) is 67.9 Å². The van der Waals surface area contributed by atoms with E-state index in [1.807, 2.05) is 19.1 Å². The molecule has 2 fully saturated rings. The zero-order chi connectivity index (χ0) is 26.0. The lowest BCUT2D eigenvalue weighted by molar-refractivity contribution is 0.0376. The molecule has 206 valence electrons. The number of anilines is 1. The number of sulfonamides is 1. The largest absolute Gasteiger partial charge is 0.379 e. The van der Waals surface area contributed by atoms with E-state index < -0.39 is 10.0 Å². The summed E-state index contributed by atoms with van der Waals surface area (Å²) < 4.78 is 33.7. The fourth-order valence-corrected chi connectivity index (χ4v) is 7.78. The van der Waals surface area contributed by atoms with Crippen LogP contribution in [0.25, 0.3) is 10.2 Å². The Bertz CT molecular complexity index is 1370. The molecular formula is C26H32Cl2N4O4S2. The van der Waals surface area contributed by atoms with Crippen LogP contribution in [0.1, 0.15) is 35.2 Å². The number of aryl methyl sites for hydroxylation is 1. The molecule has 3 aromatic rings. The molecule has 0 atom stereocenters. The van der Waals surface area contributed by atoms with Gasteiger partial charge in [0.05, 0.1) is 28.3 Å². The Kier molecular flexibility index (Phi) is 9.67. The van der Waals surface area contributed by atoms with E-state index >= 15 is 0 Å². The fraction of sp³-hybridized carbons (Fsp3) is 0.462. The molecule has 2 saturated heterocycles. The summed E-state index contributed by atoms with van der Waals surface area (Å²) in [5, 5.41) is 1.25. The summed E-state index contributed by atoms with van der Waals surface area (Å²) in [6, 6.07) is 10.0. The number of aromatic nitrogens is 1. The van der Waals surface area contributed by atoms with Crippen molar-refractivity contribution in [1.29, 1.82) is 0 Å². The number of carbonyl (C=O) groups is 1. The second-order valence-corrected chi connectivity index (χ2v) is 12.8. The number of morpholine rings is 1. The third-order valence-corrected chi connectivity index (χ3v) is 10.0. The number of hydrogen-bond donors (Lipinski definition) is 0. The summed E-state index contributed by atoms with van der Waals surface area (Å²) in [4.78, 5) is 22.8. The predicted octanol–water partition coefficient (Wildman–Crippen LogP) is 4.83. The van der Waals surface area contributed by atoms with Gasteiger partial charge in [-0.2, -0.15) is 4.31 Å². The average molecular weight is 600 g/mol. The summed E-state index contributed by atoms with van der Waals surface area (Å²) in [7, 11) is -3.54. The van der Waals surface area contributed by atoms with Crippen LogP contribution in [-0.4, -0.2) is 81.0 Å². The topological polar surface area (TPSA) is 83.0 Å². The van der Waals surface area contributed by atoms with Crippen molar-refractivity contribution in [1.82, 2.24) is 14.2 Å². The van der Waals surface area contributed by atoms with Crippen molar-refractivity contribution in [3.63, 3.8) is 0 Å². The van der Waals surface area contributed by atoms with Crippen LogP contribution in [0.15, 0.2) is 41.3 Å². The van der Waals surface area contributed by atoms with Crippen LogP contribution in [0.4, 0.5) is 5.13 Å². The van der Waals surface area contributed by atoms with E-state index in [9.17, 15) is 13.2 Å². The summed E-state index contributed by atoms with van der Waals surface area (Å²) in [6.45, 7) is 7.64. The molecule has 2 aliphatic rings. The zero-order valence-corrected chi connectivity index (χ0v) is 24.5. The summed E-state index contributed by atoms with van der Waals surface area (Å²) in [5.41, 5.74) is 2.23. The first-order chi connectivity index (χ1) is 17.8. The first-order valence-electron chi connectivity index (χ1n) is 12.6. The van der Waals surface area contributed by atoms with Gasteiger partial charge in [-0.15, -0.1) is 12.4 Å². The van der Waals surface area contributed by atoms with Crippen molar-refractivity contribution in [2.45, 2.75) is 31.1 Å². The van der Waals surface area contributed by atoms with Gasteiger partial charge in [0.15, 0.2) is 5.13 Å². The normalized spacial score (nSPS) is 17.0. The smallest absolute Gasteiger partial charge is 0.260 e. The van der Waals surface area contributed by atoms with Gasteiger partial charge in [-0.05, 0) is 68.1 Å². The minimum atomic E-state index is -3.54. The van der Waals surface area contributed by atoms with Crippen LogP contribution >= 0.6 is 35.3 Å². The average Bonchev–Trinajstić information content (AvgIpc) is 3.58. The maximum atomic E-state index is 13.7. The van der Waals surface area contributed by atoms with E-state index in [1.54, 1.807) is 17.0 Å². The monoisotopic (exact) mass is 598 g/mol. The number of benzene rings is 2. The lowest BCUT2D eigenvalue weighted by atomic mass is 10.2. The standard InChI is InChI=1S/C26H31ClN4O4S2.ClH/c1-19-17-21(27)18-23-24(19)28-26(36-23)31(12-4-9-29-13-15-35-16-14-29)25(32)20-5-7-22(8-6-20)37(33,34)30-10-2-3-11-30;/h5-8,17-18H,2-4,9-16H2,1H3;1H. The van der Waals surface area contributed by atoms with E-state index in [1.165, 1.54) is 27.8 Å². The molecule has 8 nitrogen and oxygen atoms in total. The van der Waals surface area contributed by atoms with Crippen LogP contribution < -0.4 is 4.90 Å². The zero-order valence-electron chi connectivity index (χ0n) is 21.3. The summed E-state index contributed by atoms with van der Waals surface area (Å²) in [5.74, 6) is -0.199. The third kappa shape index (κ3) is 6.33. The number of hydrogen-bond acceptors (Lipinski definition) is 7. The molecule has 5 rings (SSSR count). The molecule has 0 bridgehead atoms. The quantitative estimate of drug-likeness (QED) is 0.369. The van der Waals surface area contributed by atoms with Gasteiger partial charge >= 0.3 is 0 Å². The first kappa shape index (κ1) is 29.2. The molecular weight excluding hydrogens is 567 g/mol. The van der Waals surface area contributed by atoms with Crippen molar-refractivity contribution in [3.8, 4) is 0 Å². The van der Waals surface area contributed by atoms with E-state index in [4.69, 9.17) is 21.3 Å². The van der Waals surface area contributed by atoms with Crippen LogP contribution in [-0.2, 0) is 14.8 Å². The maximum absolute atomic E-state index is 13.7. The number of rotatable bonds is 8. The highest BCUT2D eigenvalue weighted by atomic mass is 35.5. The van der Waals surface area contributed by atoms with E-state index in [0.29, 0.717) is 35.4 Å². The predicted molar refractivity (Wildman–Crippen MR) is 155 cm³/mol. The number of fused-ring (bicyclic) bond motifs is 1. The van der Waals surface area contributed by atoms with Crippen LogP contribution in [0.5, 0.6) is 0 Å². The fourth-order valence-electron chi connectivity index (χ4n) is 4.82. The molecule has 1 aromatic heterocycles. The number of ether oxygens (including phenoxy) is 1. The van der Waals surface area contributed by atoms with Crippen LogP contribution in [0.2, 0.25) is 5.02 Å². The number of carbonyl (C=O) groups excluding carboxylic acids is 1. The van der Waals surface area contributed by atoms with Gasteiger partial charge in [0.1, 0.15) is 0 Å². The molecule has 38 heavy (non-hydrogen) atoms. The van der Waals surface area contributed by atoms with Crippen molar-refractivity contribution >= 4 is 66.6 Å². The van der Waals surface area contributed by atoms with Gasteiger partial charge < -0.3 is 4.74 Å². The van der Waals surface area contributed by atoms with Crippen molar-refractivity contribution < 1.29 is 17.9 Å². The molecule has 0 unspecified atom stereocenters. The van der Waals surface area contributed by atoms with Gasteiger partial charge in [-0.25, -0.2) is 13.4 Å². The molecule has 0 saturated carbocycles. The minimum Gasteiger partial charge on any atom is -0.379 e. The highest BCUT2D eigenvalue weighted by Gasteiger charge is 2.28. The molecule has 0 aliphatic carbocycles. The number of amides is 1. The van der Waals surface area contributed by atoms with Gasteiger partial charge in [-0.1, -0.05) is 22.9 Å². The Morgan fingerprint density at radius 1 is 1.11 bits per heavy atom. The molecule has 0 N–H and O–H groups in total. The van der Waals surface area contributed by atoms with E-state index in [2.05, 4.69) is 4.90 Å². The number of nitrogens with zero attached hydrogens (tertiary/aromatic N) is 4. The van der Waals surface area contributed by atoms with Gasteiger partial charge in [0, 0.05) is 49.9 Å². The lowest BCUT2D eigenvalue weighted by Gasteiger charge is -2.27.